The highest BCUT2D eigenvalue weighted by molar-refractivity contribution is 9.10. The summed E-state index contributed by atoms with van der Waals surface area (Å²) in [4.78, 5) is 8.84. The van der Waals surface area contributed by atoms with Crippen LogP contribution < -0.4 is 0 Å². The lowest BCUT2D eigenvalue weighted by Gasteiger charge is -1.93. The molecule has 0 aromatic carbocycles. The van der Waals surface area contributed by atoms with Gasteiger partial charge in [-0.25, -0.2) is 0 Å². The summed E-state index contributed by atoms with van der Waals surface area (Å²) in [6, 6.07) is 3.43. The molecule has 0 saturated heterocycles. The second-order valence-corrected chi connectivity index (χ2v) is 5.28. The summed E-state index contributed by atoms with van der Waals surface area (Å²) in [5, 5.41) is 15.2. The van der Waals surface area contributed by atoms with Crippen LogP contribution in [0.25, 0.3) is 22.2 Å². The van der Waals surface area contributed by atoms with Crippen LogP contribution in [0.4, 0.5) is 0 Å². The van der Waals surface area contributed by atoms with Gasteiger partial charge in [0.2, 0.25) is 5.82 Å². The molecule has 3 aromatic heterocycles. The maximum atomic E-state index is 9.59. The summed E-state index contributed by atoms with van der Waals surface area (Å²) in [7, 11) is 0. The van der Waals surface area contributed by atoms with Gasteiger partial charge in [-0.3, -0.25) is 4.98 Å². The molecular weight excluding hydrogens is 318 g/mol. The quantitative estimate of drug-likeness (QED) is 0.783. The van der Waals surface area contributed by atoms with Gasteiger partial charge in [0.15, 0.2) is 0 Å². The van der Waals surface area contributed by atoms with E-state index in [1.165, 1.54) is 11.3 Å². The van der Waals surface area contributed by atoms with Crippen LogP contribution in [0, 0.1) is 0 Å². The van der Waals surface area contributed by atoms with Crippen molar-refractivity contribution in [1.29, 1.82) is 0 Å². The Hall–Kier alpha value is -1.73. The van der Waals surface area contributed by atoms with Gasteiger partial charge in [-0.2, -0.15) is 4.98 Å². The minimum absolute atomic E-state index is 0.141. The molecule has 5 nitrogen and oxygen atoms in total. The van der Waals surface area contributed by atoms with E-state index < -0.39 is 0 Å². The summed E-state index contributed by atoms with van der Waals surface area (Å²) < 4.78 is 5.97. The monoisotopic (exact) mass is 323 g/mol. The van der Waals surface area contributed by atoms with E-state index in [1.807, 2.05) is 6.07 Å². The van der Waals surface area contributed by atoms with Crippen molar-refractivity contribution < 1.29 is 9.63 Å². The maximum Gasteiger partial charge on any atom is 0.272 e. The molecule has 0 bridgehead atoms. The highest BCUT2D eigenvalue weighted by Crippen LogP contribution is 2.34. The number of hydrogen-bond acceptors (Lipinski definition) is 6. The standard InChI is InChI=1S/C11H6BrN3O2S/c12-7-3-6(4-13-5-7)10-14-11(17-15-10)9-8(16)1-2-18-9/h1-5,16H. The molecule has 0 amide bonds. The number of hydrogen-bond donors (Lipinski definition) is 1. The van der Waals surface area contributed by atoms with Crippen LogP contribution in [0.5, 0.6) is 5.75 Å². The van der Waals surface area contributed by atoms with Crippen molar-refractivity contribution in [2.45, 2.75) is 0 Å². The van der Waals surface area contributed by atoms with Crippen LogP contribution in [-0.4, -0.2) is 20.2 Å². The molecule has 0 radical (unpaired) electrons. The van der Waals surface area contributed by atoms with E-state index in [0.29, 0.717) is 16.6 Å². The predicted molar refractivity (Wildman–Crippen MR) is 70.2 cm³/mol. The van der Waals surface area contributed by atoms with E-state index in [9.17, 15) is 5.11 Å². The molecule has 3 heterocycles. The van der Waals surface area contributed by atoms with Crippen LogP contribution >= 0.6 is 27.3 Å². The van der Waals surface area contributed by atoms with Gasteiger partial charge in [0.25, 0.3) is 5.89 Å². The first-order valence-corrected chi connectivity index (χ1v) is 6.63. The lowest BCUT2D eigenvalue weighted by Crippen LogP contribution is -1.82. The van der Waals surface area contributed by atoms with Crippen LogP contribution in [0.3, 0.4) is 0 Å². The van der Waals surface area contributed by atoms with Crippen molar-refractivity contribution in [3.05, 3.63) is 34.4 Å². The third-order valence-corrected chi connectivity index (χ3v) is 3.55. The number of halogens is 1. The second-order valence-electron chi connectivity index (χ2n) is 3.45. The zero-order valence-corrected chi connectivity index (χ0v) is 11.3. The van der Waals surface area contributed by atoms with Crippen LogP contribution in [0.2, 0.25) is 0 Å². The van der Waals surface area contributed by atoms with E-state index in [0.717, 1.165) is 10.0 Å². The molecule has 1 N–H and O–H groups in total. The minimum atomic E-state index is 0.141. The minimum Gasteiger partial charge on any atom is -0.506 e. The summed E-state index contributed by atoms with van der Waals surface area (Å²) in [5.74, 6) is 0.881. The summed E-state index contributed by atoms with van der Waals surface area (Å²) in [6.45, 7) is 0. The molecule has 0 atom stereocenters. The lowest BCUT2D eigenvalue weighted by atomic mass is 10.3. The molecule has 3 rings (SSSR count). The van der Waals surface area contributed by atoms with E-state index in [-0.39, 0.29) is 5.75 Å². The summed E-state index contributed by atoms with van der Waals surface area (Å²) in [6.07, 6.45) is 3.32. The molecule has 0 spiro atoms. The topological polar surface area (TPSA) is 72.0 Å². The van der Waals surface area contributed by atoms with Crippen molar-refractivity contribution in [1.82, 2.24) is 15.1 Å². The van der Waals surface area contributed by atoms with Gasteiger partial charge in [0, 0.05) is 22.4 Å². The first-order chi connectivity index (χ1) is 8.74. The molecule has 7 heteroatoms. The Kier molecular flexibility index (Phi) is 2.85. The van der Waals surface area contributed by atoms with Gasteiger partial charge >= 0.3 is 0 Å². The van der Waals surface area contributed by atoms with Crippen LogP contribution in [-0.2, 0) is 0 Å². The smallest absolute Gasteiger partial charge is 0.272 e. The molecule has 0 saturated carbocycles. The zero-order valence-electron chi connectivity index (χ0n) is 8.87. The van der Waals surface area contributed by atoms with Gasteiger partial charge in [-0.15, -0.1) is 11.3 Å². The third-order valence-electron chi connectivity index (χ3n) is 2.23. The largest absolute Gasteiger partial charge is 0.506 e. The van der Waals surface area contributed by atoms with Crippen LogP contribution in [0.1, 0.15) is 0 Å². The molecule has 0 aliphatic heterocycles. The average molecular weight is 324 g/mol. The number of aromatic hydroxyl groups is 1. The number of rotatable bonds is 2. The Morgan fingerprint density at radius 2 is 2.22 bits per heavy atom. The lowest BCUT2D eigenvalue weighted by molar-refractivity contribution is 0.427. The van der Waals surface area contributed by atoms with Gasteiger partial charge in [-0.05, 0) is 33.4 Å². The molecule has 0 unspecified atom stereocenters. The van der Waals surface area contributed by atoms with Crippen molar-refractivity contribution in [2.75, 3.05) is 0 Å². The molecular formula is C11H6BrN3O2S. The fraction of sp³-hybridized carbons (Fsp3) is 0. The molecule has 0 fully saturated rings. The second kappa shape index (κ2) is 4.51. The first-order valence-electron chi connectivity index (χ1n) is 4.95. The van der Waals surface area contributed by atoms with Crippen molar-refractivity contribution in [3.8, 4) is 27.9 Å². The predicted octanol–water partition coefficient (Wildman–Crippen LogP) is 3.33. The highest BCUT2D eigenvalue weighted by Gasteiger charge is 2.15. The zero-order chi connectivity index (χ0) is 12.5. The van der Waals surface area contributed by atoms with Crippen molar-refractivity contribution >= 4 is 27.3 Å². The Morgan fingerprint density at radius 3 is 2.94 bits per heavy atom. The highest BCUT2D eigenvalue weighted by atomic mass is 79.9. The summed E-state index contributed by atoms with van der Waals surface area (Å²) in [5.41, 5.74) is 0.746. The SMILES string of the molecule is Oc1ccsc1-c1nc(-c2cncc(Br)c2)no1. The number of thiophene rings is 1. The maximum absolute atomic E-state index is 9.59. The molecule has 3 aromatic rings. The Balaban J connectivity index is 2.02. The van der Waals surface area contributed by atoms with E-state index >= 15 is 0 Å². The van der Waals surface area contributed by atoms with E-state index in [4.69, 9.17) is 4.52 Å². The Morgan fingerprint density at radius 1 is 1.33 bits per heavy atom. The average Bonchev–Trinajstić information content (AvgIpc) is 2.97. The first kappa shape index (κ1) is 11.4. The van der Waals surface area contributed by atoms with Gasteiger partial charge in [0.05, 0.1) is 0 Å². The number of pyridine rings is 1. The van der Waals surface area contributed by atoms with E-state index in [2.05, 4.69) is 31.1 Å². The number of nitrogens with zero attached hydrogens (tertiary/aromatic N) is 3. The Labute approximate surface area is 114 Å². The molecule has 18 heavy (non-hydrogen) atoms. The van der Waals surface area contributed by atoms with Crippen LogP contribution in [0.15, 0.2) is 38.9 Å². The molecule has 90 valence electrons. The van der Waals surface area contributed by atoms with Crippen molar-refractivity contribution in [3.63, 3.8) is 0 Å². The number of aromatic nitrogens is 3. The van der Waals surface area contributed by atoms with Crippen molar-refractivity contribution in [2.24, 2.45) is 0 Å². The third kappa shape index (κ3) is 2.02. The fourth-order valence-electron chi connectivity index (χ4n) is 1.43. The van der Waals surface area contributed by atoms with Gasteiger partial charge < -0.3 is 9.63 Å². The fourth-order valence-corrected chi connectivity index (χ4v) is 2.50. The van der Waals surface area contributed by atoms with Gasteiger partial charge in [0.1, 0.15) is 10.6 Å². The van der Waals surface area contributed by atoms with E-state index in [1.54, 1.807) is 23.8 Å². The summed E-state index contributed by atoms with van der Waals surface area (Å²) >= 11 is 4.67. The van der Waals surface area contributed by atoms with Gasteiger partial charge in [-0.1, -0.05) is 5.16 Å². The molecule has 0 aliphatic rings. The molecule has 0 aliphatic carbocycles. The Bertz CT molecular complexity index is 695. The normalized spacial score (nSPS) is 10.7.